The maximum atomic E-state index is 5.39. The third kappa shape index (κ3) is 3.50. The highest BCUT2D eigenvalue weighted by atomic mass is 28.3. The molecule has 1 aromatic carbocycles. The SMILES string of the molecule is C=C(C)C1=C[C-](c2cc(OC)ccc2C)[N+](=C)C=C1[Si](C)(C)C. The molecule has 2 rings (SSSR count). The molecule has 0 N–H and O–H groups in total. The van der Waals surface area contributed by atoms with Crippen molar-refractivity contribution in [1.29, 1.82) is 0 Å². The lowest BCUT2D eigenvalue weighted by Gasteiger charge is -2.31. The van der Waals surface area contributed by atoms with Crippen LogP contribution in [-0.4, -0.2) is 26.5 Å². The zero-order chi connectivity index (χ0) is 17.4. The Morgan fingerprint density at radius 2 is 1.91 bits per heavy atom. The third-order valence-electron chi connectivity index (χ3n) is 4.15. The molecule has 0 amide bonds. The van der Waals surface area contributed by atoms with E-state index in [9.17, 15) is 0 Å². The van der Waals surface area contributed by atoms with Gasteiger partial charge in [-0.2, -0.15) is 0 Å². The van der Waals surface area contributed by atoms with Crippen LogP contribution in [0.25, 0.3) is 0 Å². The highest BCUT2D eigenvalue weighted by Crippen LogP contribution is 2.36. The van der Waals surface area contributed by atoms with Crippen molar-refractivity contribution in [3.8, 4) is 5.75 Å². The van der Waals surface area contributed by atoms with Crippen LogP contribution in [0.3, 0.4) is 0 Å². The van der Waals surface area contributed by atoms with Crippen molar-refractivity contribution in [2.24, 2.45) is 0 Å². The smallest absolute Gasteiger partial charge is 0.147 e. The van der Waals surface area contributed by atoms with Gasteiger partial charge >= 0.3 is 0 Å². The van der Waals surface area contributed by atoms with Gasteiger partial charge in [-0.25, -0.2) is 0 Å². The van der Waals surface area contributed by atoms with E-state index in [4.69, 9.17) is 4.74 Å². The molecule has 0 aliphatic carbocycles. The number of methoxy groups -OCH3 is 1. The molecule has 122 valence electrons. The zero-order valence-electron chi connectivity index (χ0n) is 15.2. The second-order valence-electron chi connectivity index (χ2n) is 7.17. The van der Waals surface area contributed by atoms with Gasteiger partial charge in [-0.3, -0.25) is 4.58 Å². The van der Waals surface area contributed by atoms with Crippen molar-refractivity contribution >= 4 is 14.8 Å². The minimum Gasteiger partial charge on any atom is -0.503 e. The molecule has 0 saturated heterocycles. The fraction of sp³-hybridized carbons (Fsp3) is 0.300. The monoisotopic (exact) mass is 325 g/mol. The molecular formula is C20H27NOSi. The molecule has 3 heteroatoms. The first-order valence-corrected chi connectivity index (χ1v) is 11.4. The topological polar surface area (TPSA) is 12.2 Å². The van der Waals surface area contributed by atoms with Gasteiger partial charge in [0.2, 0.25) is 0 Å². The number of aryl methyl sites for hydroxylation is 1. The summed E-state index contributed by atoms with van der Waals surface area (Å²) >= 11 is 0. The fourth-order valence-electron chi connectivity index (χ4n) is 2.78. The molecule has 1 aliphatic heterocycles. The lowest BCUT2D eigenvalue weighted by molar-refractivity contribution is -0.418. The first-order chi connectivity index (χ1) is 10.6. The van der Waals surface area contributed by atoms with Crippen LogP contribution in [0.4, 0.5) is 0 Å². The van der Waals surface area contributed by atoms with Gasteiger partial charge in [-0.1, -0.05) is 55.4 Å². The summed E-state index contributed by atoms with van der Waals surface area (Å²) in [5.74, 6) is 0.858. The summed E-state index contributed by atoms with van der Waals surface area (Å²) in [4.78, 5) is 0. The summed E-state index contributed by atoms with van der Waals surface area (Å²) in [7, 11) is 0.221. The number of hydrogen-bond donors (Lipinski definition) is 0. The number of nitrogens with zero attached hydrogens (tertiary/aromatic N) is 1. The summed E-state index contributed by atoms with van der Waals surface area (Å²) in [5, 5.41) is 1.39. The summed E-state index contributed by atoms with van der Waals surface area (Å²) in [6.07, 6.45) is 4.41. The van der Waals surface area contributed by atoms with E-state index in [2.05, 4.69) is 71.2 Å². The molecule has 2 nitrogen and oxygen atoms in total. The van der Waals surface area contributed by atoms with Crippen LogP contribution in [0.1, 0.15) is 18.1 Å². The Hall–Kier alpha value is -2.00. The molecule has 1 aromatic rings. The van der Waals surface area contributed by atoms with E-state index in [1.165, 1.54) is 16.3 Å². The van der Waals surface area contributed by atoms with Gasteiger partial charge in [0.1, 0.15) is 12.2 Å². The minimum atomic E-state index is -1.47. The number of rotatable bonds is 4. The molecule has 0 radical (unpaired) electrons. The van der Waals surface area contributed by atoms with E-state index >= 15 is 0 Å². The molecular weight excluding hydrogens is 298 g/mol. The molecule has 0 unspecified atom stereocenters. The van der Waals surface area contributed by atoms with Crippen LogP contribution < -0.4 is 4.74 Å². The van der Waals surface area contributed by atoms with E-state index in [1.807, 2.05) is 10.6 Å². The Morgan fingerprint density at radius 3 is 2.43 bits per heavy atom. The van der Waals surface area contributed by atoms with Crippen LogP contribution in [0.5, 0.6) is 5.75 Å². The Bertz CT molecular complexity index is 720. The molecule has 0 saturated carbocycles. The second-order valence-corrected chi connectivity index (χ2v) is 12.2. The Labute approximate surface area is 141 Å². The van der Waals surface area contributed by atoms with Crippen molar-refractivity contribution in [3.05, 3.63) is 70.6 Å². The largest absolute Gasteiger partial charge is 0.503 e. The van der Waals surface area contributed by atoms with Gasteiger partial charge in [-0.05, 0) is 29.8 Å². The lowest BCUT2D eigenvalue weighted by atomic mass is 9.94. The molecule has 0 atom stereocenters. The van der Waals surface area contributed by atoms with Crippen molar-refractivity contribution in [2.45, 2.75) is 33.5 Å². The van der Waals surface area contributed by atoms with E-state index in [0.717, 1.165) is 22.9 Å². The third-order valence-corrected chi connectivity index (χ3v) is 6.17. The number of hydrogen-bond acceptors (Lipinski definition) is 1. The van der Waals surface area contributed by atoms with Gasteiger partial charge in [-0.15, -0.1) is 6.58 Å². The van der Waals surface area contributed by atoms with Gasteiger partial charge in [0.15, 0.2) is 0 Å². The molecule has 0 aromatic heterocycles. The van der Waals surface area contributed by atoms with E-state index in [1.54, 1.807) is 7.11 Å². The molecule has 0 spiro atoms. The van der Waals surface area contributed by atoms with Crippen molar-refractivity contribution < 1.29 is 9.31 Å². The van der Waals surface area contributed by atoms with Crippen LogP contribution in [0.15, 0.2) is 53.4 Å². The van der Waals surface area contributed by atoms with Crippen molar-refractivity contribution in [3.63, 3.8) is 0 Å². The van der Waals surface area contributed by atoms with Gasteiger partial charge in [0.05, 0.1) is 27.7 Å². The van der Waals surface area contributed by atoms with E-state index in [-0.39, 0.29) is 0 Å². The Kier molecular flexibility index (Phi) is 4.71. The fourth-order valence-corrected chi connectivity index (χ4v) is 4.42. The lowest BCUT2D eigenvalue weighted by Crippen LogP contribution is -2.30. The first kappa shape index (κ1) is 17.4. The number of allylic oxidation sites excluding steroid dienone is 3. The molecule has 1 aliphatic rings. The first-order valence-electron chi connectivity index (χ1n) is 7.87. The average molecular weight is 326 g/mol. The summed E-state index contributed by atoms with van der Waals surface area (Å²) < 4.78 is 7.37. The molecule has 0 fully saturated rings. The predicted molar refractivity (Wildman–Crippen MR) is 102 cm³/mol. The zero-order valence-corrected chi connectivity index (χ0v) is 16.2. The standard InChI is InChI=1S/C20H27NOSi/c1-14(2)17-12-19(21(4)13-20(17)23(6,7)8)18-11-16(22-5)10-9-15(18)3/h9-13H,1,4H2,2-3,5-8H3. The highest BCUT2D eigenvalue weighted by molar-refractivity contribution is 6.84. The number of ether oxygens (including phenoxy) is 1. The maximum Gasteiger partial charge on any atom is 0.147 e. The average Bonchev–Trinajstić information content (AvgIpc) is 2.46. The van der Waals surface area contributed by atoms with Crippen LogP contribution in [0, 0.1) is 13.0 Å². The van der Waals surface area contributed by atoms with E-state index in [0.29, 0.717) is 0 Å². The predicted octanol–water partition coefficient (Wildman–Crippen LogP) is 4.87. The number of benzene rings is 1. The van der Waals surface area contributed by atoms with E-state index < -0.39 is 8.07 Å². The van der Waals surface area contributed by atoms with Crippen molar-refractivity contribution in [2.75, 3.05) is 7.11 Å². The van der Waals surface area contributed by atoms with Crippen molar-refractivity contribution in [1.82, 2.24) is 0 Å². The normalized spacial score (nSPS) is 15.2. The van der Waals surface area contributed by atoms with Crippen LogP contribution in [-0.2, 0) is 0 Å². The van der Waals surface area contributed by atoms with Crippen LogP contribution in [0.2, 0.25) is 19.6 Å². The summed E-state index contributed by atoms with van der Waals surface area (Å²) in [5.41, 5.74) is 4.70. The van der Waals surface area contributed by atoms with Crippen LogP contribution >= 0.6 is 0 Å². The Morgan fingerprint density at radius 1 is 1.26 bits per heavy atom. The summed E-state index contributed by atoms with van der Waals surface area (Å²) in [6, 6.07) is 7.23. The Balaban J connectivity index is 2.57. The molecule has 1 heterocycles. The quantitative estimate of drug-likeness (QED) is 0.437. The van der Waals surface area contributed by atoms with Gasteiger partial charge in [0.25, 0.3) is 0 Å². The molecule has 23 heavy (non-hydrogen) atoms. The molecule has 0 bridgehead atoms. The van der Waals surface area contributed by atoms with Gasteiger partial charge < -0.3 is 4.74 Å². The highest BCUT2D eigenvalue weighted by Gasteiger charge is 2.29. The maximum absolute atomic E-state index is 5.39. The minimum absolute atomic E-state index is 0.858. The summed E-state index contributed by atoms with van der Waals surface area (Å²) in [6.45, 7) is 19.7. The van der Waals surface area contributed by atoms with Gasteiger partial charge in [0, 0.05) is 0 Å². The second kappa shape index (κ2) is 6.24.